The number of thioether (sulfide) groups is 1. The van der Waals surface area contributed by atoms with Crippen LogP contribution in [0.2, 0.25) is 0 Å². The Kier molecular flexibility index (Phi) is 12.5. The number of morpholine rings is 1. The summed E-state index contributed by atoms with van der Waals surface area (Å²) in [6.07, 6.45) is 1.09. The van der Waals surface area contributed by atoms with Gasteiger partial charge in [-0.2, -0.15) is 0 Å². The molecule has 9 atom stereocenters. The third kappa shape index (κ3) is 8.97. The smallest absolute Gasteiger partial charge is 0.254 e. The van der Waals surface area contributed by atoms with Gasteiger partial charge in [0.25, 0.3) is 5.91 Å². The van der Waals surface area contributed by atoms with Crippen LogP contribution in [0.3, 0.4) is 0 Å². The number of halogens is 1. The molecule has 2 amide bonds. The Morgan fingerprint density at radius 3 is 2.44 bits per heavy atom. The number of benzene rings is 1. The standard InChI is InChI=1S/C33H50FN3O7S/c1-20(45-24-10-8-23(9-11-24)33(42)37-16-18-43-19-17-37)26(31-29(40)27(38)28(39)30(44-31)22-6-7-22)36-32(41)25-12-5-21(13-15-35-25)4-2-3-14-34/h8-11,20-22,25-31,35,38-40H,2-7,12-19H2,1H3,(H,36,41)/t20-,21-,25-,26+,27?,28+,29?,30?,31+/m0/s1. The first kappa shape index (κ1) is 34.5. The molecule has 10 nitrogen and oxygen atoms in total. The van der Waals surface area contributed by atoms with E-state index >= 15 is 0 Å². The third-order valence-electron chi connectivity index (χ3n) is 9.78. The first-order valence-electron chi connectivity index (χ1n) is 16.7. The SMILES string of the molecule is C[C@H](Sc1ccc(C(=O)N2CCOCC2)cc1)[C@@H](NC(=O)[C@@H]1CC[C@H](CCCCF)CCN1)[C@H]1OC(C2CC2)[C@H](O)C(O)C1O. The van der Waals surface area contributed by atoms with Crippen molar-refractivity contribution in [2.24, 2.45) is 11.8 Å². The van der Waals surface area contributed by atoms with Gasteiger partial charge in [-0.1, -0.05) is 19.8 Å². The van der Waals surface area contributed by atoms with Crippen molar-refractivity contribution in [2.45, 2.75) is 111 Å². The Morgan fingerprint density at radius 2 is 1.76 bits per heavy atom. The minimum atomic E-state index is -1.39. The zero-order chi connectivity index (χ0) is 31.9. The lowest BCUT2D eigenvalue weighted by molar-refractivity contribution is -0.233. The van der Waals surface area contributed by atoms with E-state index in [1.165, 1.54) is 11.8 Å². The zero-order valence-electron chi connectivity index (χ0n) is 26.2. The molecule has 0 spiro atoms. The van der Waals surface area contributed by atoms with Crippen molar-refractivity contribution in [3.8, 4) is 0 Å². The monoisotopic (exact) mass is 651 g/mol. The van der Waals surface area contributed by atoms with Gasteiger partial charge in [-0.25, -0.2) is 0 Å². The number of amides is 2. The van der Waals surface area contributed by atoms with E-state index in [0.29, 0.717) is 57.2 Å². The van der Waals surface area contributed by atoms with Gasteiger partial charge in [0.05, 0.1) is 38.1 Å². The van der Waals surface area contributed by atoms with E-state index in [-0.39, 0.29) is 29.7 Å². The predicted octanol–water partition coefficient (Wildman–Crippen LogP) is 2.28. The van der Waals surface area contributed by atoms with Crippen molar-refractivity contribution >= 4 is 23.6 Å². The third-order valence-corrected chi connectivity index (χ3v) is 11.0. The number of rotatable bonds is 12. The summed E-state index contributed by atoms with van der Waals surface area (Å²) < 4.78 is 24.3. The van der Waals surface area contributed by atoms with Crippen molar-refractivity contribution < 1.29 is 38.8 Å². The van der Waals surface area contributed by atoms with Crippen molar-refractivity contribution in [3.63, 3.8) is 0 Å². The van der Waals surface area contributed by atoms with E-state index in [0.717, 1.165) is 43.4 Å². The van der Waals surface area contributed by atoms with Gasteiger partial charge in [0.2, 0.25) is 5.91 Å². The Bertz CT molecular complexity index is 1110. The maximum atomic E-state index is 13.7. The molecule has 3 aliphatic heterocycles. The Hall–Kier alpha value is -1.80. The number of alkyl halides is 1. The van der Waals surface area contributed by atoms with Crippen LogP contribution >= 0.6 is 11.8 Å². The normalized spacial score (nSPS) is 32.4. The first-order valence-corrected chi connectivity index (χ1v) is 17.6. The van der Waals surface area contributed by atoms with Gasteiger partial charge in [-0.3, -0.25) is 14.0 Å². The van der Waals surface area contributed by atoms with Crippen LogP contribution in [0.5, 0.6) is 0 Å². The fourth-order valence-electron chi connectivity index (χ4n) is 6.84. The maximum Gasteiger partial charge on any atom is 0.254 e. The number of carbonyl (C=O) groups excluding carboxylic acids is 2. The molecule has 1 aliphatic carbocycles. The zero-order valence-corrected chi connectivity index (χ0v) is 27.0. The highest BCUT2D eigenvalue weighted by Crippen LogP contribution is 2.41. The molecule has 5 rings (SSSR count). The Balaban J connectivity index is 1.28. The molecule has 12 heteroatoms. The van der Waals surface area contributed by atoms with E-state index in [4.69, 9.17) is 9.47 Å². The van der Waals surface area contributed by atoms with Crippen molar-refractivity contribution in [1.29, 1.82) is 0 Å². The summed E-state index contributed by atoms with van der Waals surface area (Å²) in [5.74, 6) is 0.330. The highest BCUT2D eigenvalue weighted by atomic mass is 32.2. The van der Waals surface area contributed by atoms with Crippen LogP contribution in [0.25, 0.3) is 0 Å². The molecule has 1 aromatic rings. The molecule has 4 aliphatic rings. The molecular weight excluding hydrogens is 601 g/mol. The van der Waals surface area contributed by atoms with Crippen LogP contribution in [-0.4, -0.2) is 119 Å². The number of hydrogen-bond donors (Lipinski definition) is 5. The number of aliphatic hydroxyl groups is 3. The maximum absolute atomic E-state index is 13.7. The summed E-state index contributed by atoms with van der Waals surface area (Å²) in [6, 6.07) is 6.27. The average molecular weight is 652 g/mol. The summed E-state index contributed by atoms with van der Waals surface area (Å²) in [4.78, 5) is 29.3. The number of carbonyl (C=O) groups is 2. The van der Waals surface area contributed by atoms with Crippen LogP contribution in [0, 0.1) is 11.8 Å². The fourth-order valence-corrected chi connectivity index (χ4v) is 7.93. The number of nitrogens with one attached hydrogen (secondary N) is 2. The molecule has 0 aromatic heterocycles. The predicted molar refractivity (Wildman–Crippen MR) is 169 cm³/mol. The van der Waals surface area contributed by atoms with Crippen molar-refractivity contribution in [3.05, 3.63) is 29.8 Å². The van der Waals surface area contributed by atoms with E-state index in [2.05, 4.69) is 10.6 Å². The van der Waals surface area contributed by atoms with Crippen molar-refractivity contribution in [1.82, 2.24) is 15.5 Å². The van der Waals surface area contributed by atoms with Gasteiger partial charge >= 0.3 is 0 Å². The van der Waals surface area contributed by atoms with E-state index in [1.807, 2.05) is 19.1 Å². The quantitative estimate of drug-likeness (QED) is 0.170. The molecule has 4 fully saturated rings. The van der Waals surface area contributed by atoms with Gasteiger partial charge in [-0.15, -0.1) is 11.8 Å². The number of ether oxygens (including phenoxy) is 2. The number of nitrogens with zero attached hydrogens (tertiary/aromatic N) is 1. The molecule has 45 heavy (non-hydrogen) atoms. The van der Waals surface area contributed by atoms with Crippen LogP contribution in [-0.2, 0) is 14.3 Å². The van der Waals surface area contributed by atoms with Gasteiger partial charge in [0.15, 0.2) is 0 Å². The minimum Gasteiger partial charge on any atom is -0.388 e. The second-order valence-corrected chi connectivity index (χ2v) is 14.5. The van der Waals surface area contributed by atoms with Crippen LogP contribution in [0.1, 0.15) is 68.6 Å². The van der Waals surface area contributed by atoms with Gasteiger partial charge in [-0.05, 0) is 81.2 Å². The summed E-state index contributed by atoms with van der Waals surface area (Å²) in [5, 5.41) is 38.9. The molecular formula is C33H50FN3O7S. The summed E-state index contributed by atoms with van der Waals surface area (Å²) >= 11 is 1.49. The molecule has 252 valence electrons. The van der Waals surface area contributed by atoms with Gasteiger partial charge in [0.1, 0.15) is 24.4 Å². The number of aliphatic hydroxyl groups excluding tert-OH is 3. The summed E-state index contributed by atoms with van der Waals surface area (Å²) in [7, 11) is 0. The van der Waals surface area contributed by atoms with E-state index < -0.39 is 42.6 Å². The Labute approximate surface area is 269 Å². The second kappa shape index (κ2) is 16.3. The highest BCUT2D eigenvalue weighted by Gasteiger charge is 2.52. The summed E-state index contributed by atoms with van der Waals surface area (Å²) in [5.41, 5.74) is 0.594. The van der Waals surface area contributed by atoms with Crippen molar-refractivity contribution in [2.75, 3.05) is 39.5 Å². The Morgan fingerprint density at radius 1 is 1.02 bits per heavy atom. The number of unbranched alkanes of at least 4 members (excludes halogenated alkanes) is 1. The fraction of sp³-hybridized carbons (Fsp3) is 0.758. The molecule has 1 saturated carbocycles. The molecule has 1 aromatic carbocycles. The second-order valence-electron chi connectivity index (χ2n) is 13.1. The highest BCUT2D eigenvalue weighted by molar-refractivity contribution is 8.00. The van der Waals surface area contributed by atoms with Crippen LogP contribution < -0.4 is 10.6 Å². The first-order chi connectivity index (χ1) is 21.8. The van der Waals surface area contributed by atoms with Crippen LogP contribution in [0.4, 0.5) is 4.39 Å². The average Bonchev–Trinajstić information content (AvgIpc) is 3.92. The van der Waals surface area contributed by atoms with E-state index in [9.17, 15) is 29.3 Å². The number of hydrogen-bond acceptors (Lipinski definition) is 9. The molecule has 5 N–H and O–H groups in total. The summed E-state index contributed by atoms with van der Waals surface area (Å²) in [6.45, 7) is 4.54. The topological polar surface area (TPSA) is 141 Å². The van der Waals surface area contributed by atoms with Gasteiger partial charge in [0, 0.05) is 28.8 Å². The lowest BCUT2D eigenvalue weighted by Gasteiger charge is -2.45. The molecule has 0 radical (unpaired) electrons. The molecule has 3 saturated heterocycles. The molecule has 3 heterocycles. The minimum absolute atomic E-state index is 0.0361. The lowest BCUT2D eigenvalue weighted by atomic mass is 9.88. The largest absolute Gasteiger partial charge is 0.388 e. The van der Waals surface area contributed by atoms with Gasteiger partial charge < -0.3 is 40.3 Å². The lowest BCUT2D eigenvalue weighted by Crippen LogP contribution is -2.66. The molecule has 0 bridgehead atoms. The van der Waals surface area contributed by atoms with Crippen LogP contribution in [0.15, 0.2) is 29.2 Å². The van der Waals surface area contributed by atoms with E-state index in [1.54, 1.807) is 17.0 Å². The molecule has 3 unspecified atom stereocenters.